The van der Waals surface area contributed by atoms with Crippen molar-refractivity contribution < 1.29 is 0 Å². The number of halogens is 1. The van der Waals surface area contributed by atoms with Gasteiger partial charge in [0.15, 0.2) is 0 Å². The van der Waals surface area contributed by atoms with Gasteiger partial charge in [0.1, 0.15) is 0 Å². The summed E-state index contributed by atoms with van der Waals surface area (Å²) in [5.41, 5.74) is 5.69. The van der Waals surface area contributed by atoms with Crippen LogP contribution in [-0.4, -0.2) is 0 Å². The van der Waals surface area contributed by atoms with Crippen molar-refractivity contribution in [2.24, 2.45) is 0 Å². The molecule has 21 heavy (non-hydrogen) atoms. The van der Waals surface area contributed by atoms with E-state index in [2.05, 4.69) is 43.4 Å². The van der Waals surface area contributed by atoms with E-state index in [9.17, 15) is 0 Å². The van der Waals surface area contributed by atoms with E-state index in [0.717, 1.165) is 5.02 Å². The predicted molar refractivity (Wildman–Crippen MR) is 89.9 cm³/mol. The van der Waals surface area contributed by atoms with Crippen molar-refractivity contribution in [2.45, 2.75) is 45.2 Å². The van der Waals surface area contributed by atoms with Gasteiger partial charge in [0, 0.05) is 17.1 Å². The Kier molecular flexibility index (Phi) is 4.32. The Labute approximate surface area is 132 Å². The van der Waals surface area contributed by atoms with Crippen molar-refractivity contribution >= 4 is 11.6 Å². The Morgan fingerprint density at radius 1 is 0.905 bits per heavy atom. The van der Waals surface area contributed by atoms with Crippen molar-refractivity contribution in [1.82, 2.24) is 5.32 Å². The van der Waals surface area contributed by atoms with Crippen LogP contribution in [0.3, 0.4) is 0 Å². The topological polar surface area (TPSA) is 12.0 Å². The SMILES string of the molecule is CC(NC(C)c1ccc2c(c1)CCC2)c1cccc(Cl)c1. The first kappa shape index (κ1) is 14.6. The molecule has 2 aromatic carbocycles. The quantitative estimate of drug-likeness (QED) is 0.814. The summed E-state index contributed by atoms with van der Waals surface area (Å²) < 4.78 is 0. The van der Waals surface area contributed by atoms with Crippen LogP contribution in [0.1, 0.15) is 54.6 Å². The molecular formula is C19H22ClN. The molecule has 0 aromatic heterocycles. The van der Waals surface area contributed by atoms with Gasteiger partial charge >= 0.3 is 0 Å². The van der Waals surface area contributed by atoms with Gasteiger partial charge in [-0.2, -0.15) is 0 Å². The lowest BCUT2D eigenvalue weighted by atomic mass is 10.0. The van der Waals surface area contributed by atoms with E-state index < -0.39 is 0 Å². The van der Waals surface area contributed by atoms with Crippen molar-refractivity contribution in [3.63, 3.8) is 0 Å². The van der Waals surface area contributed by atoms with E-state index in [1.807, 2.05) is 18.2 Å². The fraction of sp³-hybridized carbons (Fsp3) is 0.368. The molecule has 0 heterocycles. The molecule has 2 unspecified atom stereocenters. The number of aryl methyl sites for hydroxylation is 2. The Morgan fingerprint density at radius 2 is 1.62 bits per heavy atom. The second-order valence-corrected chi connectivity index (χ2v) is 6.48. The minimum absolute atomic E-state index is 0.284. The van der Waals surface area contributed by atoms with Gasteiger partial charge in [-0.1, -0.05) is 41.9 Å². The molecule has 0 spiro atoms. The van der Waals surface area contributed by atoms with Crippen LogP contribution in [0.25, 0.3) is 0 Å². The van der Waals surface area contributed by atoms with Crippen molar-refractivity contribution in [2.75, 3.05) is 0 Å². The van der Waals surface area contributed by atoms with Crippen LogP contribution in [-0.2, 0) is 12.8 Å². The van der Waals surface area contributed by atoms with Crippen molar-refractivity contribution in [3.8, 4) is 0 Å². The van der Waals surface area contributed by atoms with Gasteiger partial charge in [-0.25, -0.2) is 0 Å². The van der Waals surface area contributed by atoms with Crippen LogP contribution >= 0.6 is 11.6 Å². The smallest absolute Gasteiger partial charge is 0.0409 e. The number of hydrogen-bond donors (Lipinski definition) is 1. The molecule has 0 fully saturated rings. The van der Waals surface area contributed by atoms with Gasteiger partial charge in [0.25, 0.3) is 0 Å². The van der Waals surface area contributed by atoms with Crippen LogP contribution in [0.2, 0.25) is 5.02 Å². The van der Waals surface area contributed by atoms with Crippen LogP contribution in [0.4, 0.5) is 0 Å². The standard InChI is InChI=1S/C19H22ClN/c1-13(16-6-4-8-19(20)12-16)21-14(2)17-10-9-15-5-3-7-18(15)11-17/h4,6,8-14,21H,3,5,7H2,1-2H3. The van der Waals surface area contributed by atoms with E-state index in [1.54, 1.807) is 0 Å². The molecule has 0 aliphatic heterocycles. The summed E-state index contributed by atoms with van der Waals surface area (Å²) in [7, 11) is 0. The van der Waals surface area contributed by atoms with Gasteiger partial charge in [0.05, 0.1) is 0 Å². The highest BCUT2D eigenvalue weighted by Crippen LogP contribution is 2.27. The molecule has 1 nitrogen and oxygen atoms in total. The first-order valence-electron chi connectivity index (χ1n) is 7.76. The fourth-order valence-electron chi connectivity index (χ4n) is 3.20. The molecule has 110 valence electrons. The number of nitrogens with one attached hydrogen (secondary N) is 1. The lowest BCUT2D eigenvalue weighted by Crippen LogP contribution is -2.22. The Morgan fingerprint density at radius 3 is 2.38 bits per heavy atom. The first-order valence-corrected chi connectivity index (χ1v) is 8.14. The van der Waals surface area contributed by atoms with Gasteiger partial charge < -0.3 is 5.32 Å². The van der Waals surface area contributed by atoms with Crippen LogP contribution in [0.5, 0.6) is 0 Å². The summed E-state index contributed by atoms with van der Waals surface area (Å²) >= 11 is 6.08. The molecule has 1 aliphatic rings. The molecule has 0 saturated heterocycles. The maximum Gasteiger partial charge on any atom is 0.0409 e. The van der Waals surface area contributed by atoms with Crippen LogP contribution < -0.4 is 5.32 Å². The summed E-state index contributed by atoms with van der Waals surface area (Å²) in [5.74, 6) is 0. The lowest BCUT2D eigenvalue weighted by molar-refractivity contribution is 0.494. The van der Waals surface area contributed by atoms with Crippen LogP contribution in [0, 0.1) is 0 Å². The maximum atomic E-state index is 6.08. The van der Waals surface area contributed by atoms with Gasteiger partial charge in [-0.05, 0) is 67.5 Å². The van der Waals surface area contributed by atoms with E-state index in [0.29, 0.717) is 6.04 Å². The number of benzene rings is 2. The highest BCUT2D eigenvalue weighted by atomic mass is 35.5. The minimum atomic E-state index is 0.284. The zero-order valence-electron chi connectivity index (χ0n) is 12.7. The average molecular weight is 300 g/mol. The number of fused-ring (bicyclic) bond motifs is 1. The maximum absolute atomic E-state index is 6.08. The third-order valence-corrected chi connectivity index (χ3v) is 4.71. The Balaban J connectivity index is 1.72. The summed E-state index contributed by atoms with van der Waals surface area (Å²) in [5, 5.41) is 4.47. The molecule has 0 amide bonds. The van der Waals surface area contributed by atoms with Gasteiger partial charge in [0.2, 0.25) is 0 Å². The van der Waals surface area contributed by atoms with Gasteiger partial charge in [-0.15, -0.1) is 0 Å². The Bertz CT molecular complexity index is 635. The summed E-state index contributed by atoms with van der Waals surface area (Å²) in [6.07, 6.45) is 3.79. The molecule has 2 atom stereocenters. The second kappa shape index (κ2) is 6.21. The fourth-order valence-corrected chi connectivity index (χ4v) is 3.40. The number of hydrogen-bond acceptors (Lipinski definition) is 1. The molecule has 1 N–H and O–H groups in total. The zero-order valence-corrected chi connectivity index (χ0v) is 13.5. The highest BCUT2D eigenvalue weighted by molar-refractivity contribution is 6.30. The third-order valence-electron chi connectivity index (χ3n) is 4.47. The second-order valence-electron chi connectivity index (χ2n) is 6.05. The third kappa shape index (κ3) is 3.30. The lowest BCUT2D eigenvalue weighted by Gasteiger charge is -2.21. The molecule has 0 bridgehead atoms. The van der Waals surface area contributed by atoms with E-state index in [-0.39, 0.29) is 6.04 Å². The average Bonchev–Trinajstić information content (AvgIpc) is 2.94. The van der Waals surface area contributed by atoms with E-state index in [1.165, 1.54) is 41.5 Å². The van der Waals surface area contributed by atoms with E-state index in [4.69, 9.17) is 11.6 Å². The van der Waals surface area contributed by atoms with Crippen molar-refractivity contribution in [1.29, 1.82) is 0 Å². The van der Waals surface area contributed by atoms with Gasteiger partial charge in [-0.3, -0.25) is 0 Å². The summed E-state index contributed by atoms with van der Waals surface area (Å²) in [6, 6.07) is 15.7. The first-order chi connectivity index (χ1) is 10.1. The van der Waals surface area contributed by atoms with Crippen molar-refractivity contribution in [3.05, 3.63) is 69.7 Å². The van der Waals surface area contributed by atoms with Crippen LogP contribution in [0.15, 0.2) is 42.5 Å². The summed E-state index contributed by atoms with van der Waals surface area (Å²) in [6.45, 7) is 4.42. The number of rotatable bonds is 4. The highest BCUT2D eigenvalue weighted by Gasteiger charge is 2.15. The predicted octanol–water partition coefficient (Wildman–Crippen LogP) is 5.24. The molecule has 0 radical (unpaired) electrons. The normalized spacial score (nSPS) is 16.5. The largest absolute Gasteiger partial charge is 0.304 e. The molecule has 2 aromatic rings. The summed E-state index contributed by atoms with van der Waals surface area (Å²) in [4.78, 5) is 0. The zero-order chi connectivity index (χ0) is 14.8. The molecule has 3 rings (SSSR count). The molecular weight excluding hydrogens is 278 g/mol. The molecule has 0 saturated carbocycles. The monoisotopic (exact) mass is 299 g/mol. The molecule has 2 heteroatoms. The minimum Gasteiger partial charge on any atom is -0.304 e. The Hall–Kier alpha value is -1.31. The molecule has 1 aliphatic carbocycles. The van der Waals surface area contributed by atoms with E-state index >= 15 is 0 Å².